The molecule has 1 atom stereocenters. The summed E-state index contributed by atoms with van der Waals surface area (Å²) in [6.07, 6.45) is 1.35. The molecule has 1 unspecified atom stereocenters. The van der Waals surface area contributed by atoms with Crippen molar-refractivity contribution in [2.45, 2.75) is 32.6 Å². The van der Waals surface area contributed by atoms with Crippen molar-refractivity contribution >= 4 is 5.97 Å². The molecule has 0 bridgehead atoms. The van der Waals surface area contributed by atoms with Crippen molar-refractivity contribution < 1.29 is 14.6 Å². The third-order valence-corrected chi connectivity index (χ3v) is 3.64. The first-order valence-electron chi connectivity index (χ1n) is 7.62. The first-order chi connectivity index (χ1) is 10.6. The van der Waals surface area contributed by atoms with E-state index >= 15 is 0 Å². The minimum atomic E-state index is -0.811. The van der Waals surface area contributed by atoms with Crippen molar-refractivity contribution in [2.75, 3.05) is 6.61 Å². The molecule has 0 fully saturated rings. The maximum atomic E-state index is 11.7. The van der Waals surface area contributed by atoms with Crippen LogP contribution in [0.5, 0.6) is 5.75 Å². The van der Waals surface area contributed by atoms with E-state index in [1.165, 1.54) is 0 Å². The zero-order valence-corrected chi connectivity index (χ0v) is 13.1. The van der Waals surface area contributed by atoms with Crippen LogP contribution in [0.4, 0.5) is 0 Å². The standard InChI is InChI=1S/C19H22O3/c1-3-12-22-18-7-5-4-6-16(18)13-17(19(20)21)15-10-8-14(2)9-11-15/h4-11,17H,3,12-13H2,1-2H3,(H,20,21). The van der Waals surface area contributed by atoms with Gasteiger partial charge < -0.3 is 9.84 Å². The normalized spacial score (nSPS) is 11.9. The highest BCUT2D eigenvalue weighted by atomic mass is 16.5. The number of carboxylic acids is 1. The van der Waals surface area contributed by atoms with E-state index in [1.807, 2.05) is 55.5 Å². The highest BCUT2D eigenvalue weighted by Crippen LogP contribution is 2.27. The summed E-state index contributed by atoms with van der Waals surface area (Å²) in [6, 6.07) is 15.4. The van der Waals surface area contributed by atoms with Gasteiger partial charge in [0.25, 0.3) is 0 Å². The molecule has 0 amide bonds. The maximum absolute atomic E-state index is 11.7. The summed E-state index contributed by atoms with van der Waals surface area (Å²) >= 11 is 0. The van der Waals surface area contributed by atoms with Gasteiger partial charge in [-0.15, -0.1) is 0 Å². The van der Waals surface area contributed by atoms with Gasteiger partial charge in [-0.25, -0.2) is 0 Å². The quantitative estimate of drug-likeness (QED) is 0.833. The Bertz CT molecular complexity index is 617. The van der Waals surface area contributed by atoms with Gasteiger partial charge in [0.2, 0.25) is 0 Å². The van der Waals surface area contributed by atoms with Crippen molar-refractivity contribution in [1.29, 1.82) is 0 Å². The van der Waals surface area contributed by atoms with Crippen molar-refractivity contribution in [1.82, 2.24) is 0 Å². The van der Waals surface area contributed by atoms with E-state index in [2.05, 4.69) is 6.92 Å². The lowest BCUT2D eigenvalue weighted by Crippen LogP contribution is -2.15. The fraction of sp³-hybridized carbons (Fsp3) is 0.316. The number of aliphatic carboxylic acids is 1. The van der Waals surface area contributed by atoms with Gasteiger partial charge in [0.1, 0.15) is 5.75 Å². The number of aryl methyl sites for hydroxylation is 1. The number of hydrogen-bond acceptors (Lipinski definition) is 2. The van der Waals surface area contributed by atoms with E-state index in [1.54, 1.807) is 0 Å². The molecule has 2 aromatic rings. The van der Waals surface area contributed by atoms with E-state index < -0.39 is 11.9 Å². The Morgan fingerprint density at radius 3 is 2.45 bits per heavy atom. The number of carboxylic acid groups (broad SMARTS) is 1. The molecule has 3 nitrogen and oxygen atoms in total. The fourth-order valence-electron chi connectivity index (χ4n) is 2.39. The van der Waals surface area contributed by atoms with Crippen LogP contribution in [0.15, 0.2) is 48.5 Å². The Labute approximate surface area is 131 Å². The Kier molecular flexibility index (Phi) is 5.59. The minimum absolute atomic E-state index is 0.429. The van der Waals surface area contributed by atoms with E-state index in [9.17, 15) is 9.90 Å². The number of para-hydroxylation sites is 1. The van der Waals surface area contributed by atoms with Crippen molar-refractivity contribution in [3.05, 3.63) is 65.2 Å². The first kappa shape index (κ1) is 16.1. The molecule has 2 aromatic carbocycles. The summed E-state index contributed by atoms with van der Waals surface area (Å²) in [4.78, 5) is 11.7. The number of ether oxygens (including phenoxy) is 1. The molecular weight excluding hydrogens is 276 g/mol. The molecular formula is C19H22O3. The SMILES string of the molecule is CCCOc1ccccc1CC(C(=O)O)c1ccc(C)cc1. The van der Waals surface area contributed by atoms with Crippen LogP contribution in [-0.2, 0) is 11.2 Å². The second-order valence-corrected chi connectivity index (χ2v) is 5.46. The molecule has 0 aromatic heterocycles. The van der Waals surface area contributed by atoms with Gasteiger partial charge >= 0.3 is 5.97 Å². The van der Waals surface area contributed by atoms with Crippen LogP contribution in [0.2, 0.25) is 0 Å². The van der Waals surface area contributed by atoms with E-state index in [-0.39, 0.29) is 0 Å². The summed E-state index contributed by atoms with van der Waals surface area (Å²) in [5.41, 5.74) is 2.88. The lowest BCUT2D eigenvalue weighted by atomic mass is 9.91. The zero-order valence-electron chi connectivity index (χ0n) is 13.1. The molecule has 0 spiro atoms. The van der Waals surface area contributed by atoms with Crippen LogP contribution in [0, 0.1) is 6.92 Å². The maximum Gasteiger partial charge on any atom is 0.311 e. The van der Waals surface area contributed by atoms with E-state index in [0.29, 0.717) is 13.0 Å². The van der Waals surface area contributed by atoms with Gasteiger partial charge in [-0.3, -0.25) is 4.79 Å². The lowest BCUT2D eigenvalue weighted by molar-refractivity contribution is -0.138. The first-order valence-corrected chi connectivity index (χ1v) is 7.62. The number of carbonyl (C=O) groups is 1. The molecule has 0 radical (unpaired) electrons. The molecule has 3 heteroatoms. The average molecular weight is 298 g/mol. The van der Waals surface area contributed by atoms with Gasteiger partial charge in [0, 0.05) is 0 Å². The Morgan fingerprint density at radius 2 is 1.82 bits per heavy atom. The van der Waals surface area contributed by atoms with Gasteiger partial charge in [0.15, 0.2) is 0 Å². The lowest BCUT2D eigenvalue weighted by Gasteiger charge is -2.16. The number of benzene rings is 2. The number of rotatable bonds is 7. The fourth-order valence-corrected chi connectivity index (χ4v) is 2.39. The predicted octanol–water partition coefficient (Wildman–Crippen LogP) is 4.19. The molecule has 22 heavy (non-hydrogen) atoms. The van der Waals surface area contributed by atoms with Crippen LogP contribution >= 0.6 is 0 Å². The molecule has 2 rings (SSSR count). The van der Waals surface area contributed by atoms with Crippen LogP contribution in [0.3, 0.4) is 0 Å². The van der Waals surface area contributed by atoms with E-state index in [0.717, 1.165) is 28.9 Å². The highest BCUT2D eigenvalue weighted by Gasteiger charge is 2.21. The van der Waals surface area contributed by atoms with Crippen LogP contribution in [0.1, 0.15) is 36.0 Å². The van der Waals surface area contributed by atoms with Crippen LogP contribution in [0.25, 0.3) is 0 Å². The Balaban J connectivity index is 2.25. The molecule has 0 saturated heterocycles. The van der Waals surface area contributed by atoms with Gasteiger partial charge in [0.05, 0.1) is 12.5 Å². The van der Waals surface area contributed by atoms with Gasteiger partial charge in [-0.2, -0.15) is 0 Å². The minimum Gasteiger partial charge on any atom is -0.493 e. The zero-order chi connectivity index (χ0) is 15.9. The molecule has 0 aliphatic heterocycles. The molecule has 116 valence electrons. The molecule has 1 N–H and O–H groups in total. The summed E-state index contributed by atoms with van der Waals surface area (Å²) < 4.78 is 5.73. The average Bonchev–Trinajstić information content (AvgIpc) is 2.52. The van der Waals surface area contributed by atoms with Gasteiger partial charge in [-0.1, -0.05) is 55.0 Å². The monoisotopic (exact) mass is 298 g/mol. The smallest absolute Gasteiger partial charge is 0.311 e. The molecule has 0 heterocycles. The highest BCUT2D eigenvalue weighted by molar-refractivity contribution is 5.76. The summed E-state index contributed by atoms with van der Waals surface area (Å²) in [5, 5.41) is 9.58. The van der Waals surface area contributed by atoms with Crippen LogP contribution < -0.4 is 4.74 Å². The summed E-state index contributed by atoms with van der Waals surface area (Å²) in [7, 11) is 0. The third kappa shape index (κ3) is 4.10. The second-order valence-electron chi connectivity index (χ2n) is 5.46. The van der Waals surface area contributed by atoms with Crippen molar-refractivity contribution in [2.24, 2.45) is 0 Å². The van der Waals surface area contributed by atoms with Crippen molar-refractivity contribution in [3.63, 3.8) is 0 Å². The summed E-state index contributed by atoms with van der Waals surface area (Å²) in [6.45, 7) is 4.68. The summed E-state index contributed by atoms with van der Waals surface area (Å²) in [5.74, 6) is -0.594. The molecule has 0 aliphatic carbocycles. The van der Waals surface area contributed by atoms with E-state index in [4.69, 9.17) is 4.74 Å². The molecule has 0 aliphatic rings. The third-order valence-electron chi connectivity index (χ3n) is 3.64. The van der Waals surface area contributed by atoms with Crippen LogP contribution in [-0.4, -0.2) is 17.7 Å². The predicted molar refractivity (Wildman–Crippen MR) is 87.5 cm³/mol. The Morgan fingerprint density at radius 1 is 1.14 bits per heavy atom. The van der Waals surface area contributed by atoms with Gasteiger partial charge in [-0.05, 0) is 37.0 Å². The Hall–Kier alpha value is -2.29. The topological polar surface area (TPSA) is 46.5 Å². The molecule has 0 saturated carbocycles. The second kappa shape index (κ2) is 7.64. The van der Waals surface area contributed by atoms with Crippen molar-refractivity contribution in [3.8, 4) is 5.75 Å². The largest absolute Gasteiger partial charge is 0.493 e. The number of hydrogen-bond donors (Lipinski definition) is 1.